The molecule has 0 unspecified atom stereocenters. The molecule has 43 heavy (non-hydrogen) atoms. The molecule has 14 heteroatoms. The number of hydrogen-bond acceptors (Lipinski definition) is 14. The van der Waals surface area contributed by atoms with Crippen LogP contribution in [0.4, 0.5) is 5.69 Å². The van der Waals surface area contributed by atoms with Gasteiger partial charge in [-0.15, -0.1) is 0 Å². The van der Waals surface area contributed by atoms with Crippen LogP contribution in [0.3, 0.4) is 0 Å². The molecule has 0 spiro atoms. The average molecular weight is 622 g/mol. The van der Waals surface area contributed by atoms with Crippen LogP contribution in [-0.4, -0.2) is 152 Å². The smallest absolute Gasteiger partial charge is 0.331 e. The summed E-state index contributed by atoms with van der Waals surface area (Å²) in [6, 6.07) is 7.25. The minimum atomic E-state index is -0.408. The van der Waals surface area contributed by atoms with Gasteiger partial charge in [0.1, 0.15) is 19.0 Å². The third-order valence-electron chi connectivity index (χ3n) is 5.17. The number of anilines is 1. The molecule has 0 heterocycles. The largest absolute Gasteiger partial charge is 0.491 e. The van der Waals surface area contributed by atoms with Gasteiger partial charge >= 0.3 is 5.97 Å². The van der Waals surface area contributed by atoms with Crippen LogP contribution in [0.2, 0.25) is 0 Å². The zero-order chi connectivity index (χ0) is 30.9. The highest BCUT2D eigenvalue weighted by Gasteiger charge is 1.99. The molecule has 1 aromatic rings. The van der Waals surface area contributed by atoms with Crippen LogP contribution in [0.15, 0.2) is 24.3 Å². The van der Waals surface area contributed by atoms with Crippen molar-refractivity contribution in [3.8, 4) is 5.75 Å². The number of ether oxygens (including phenoxy) is 12. The van der Waals surface area contributed by atoms with Crippen molar-refractivity contribution in [1.29, 1.82) is 0 Å². The van der Waals surface area contributed by atoms with E-state index in [1.165, 1.54) is 7.11 Å². The van der Waals surface area contributed by atoms with E-state index in [1.54, 1.807) is 12.1 Å². The third-order valence-corrected chi connectivity index (χ3v) is 5.17. The van der Waals surface area contributed by atoms with E-state index >= 15 is 0 Å². The Morgan fingerprint density at radius 1 is 0.465 bits per heavy atom. The predicted molar refractivity (Wildman–Crippen MR) is 157 cm³/mol. The lowest BCUT2D eigenvalue weighted by Crippen LogP contribution is -2.16. The second-order valence-electron chi connectivity index (χ2n) is 8.56. The maximum absolute atomic E-state index is 10.8. The summed E-state index contributed by atoms with van der Waals surface area (Å²) in [7, 11) is 1.31. The van der Waals surface area contributed by atoms with E-state index in [2.05, 4.69) is 4.74 Å². The number of benzene rings is 1. The van der Waals surface area contributed by atoms with Crippen LogP contribution in [0.5, 0.6) is 5.75 Å². The molecule has 1 rings (SSSR count). The molecular formula is C29H51NO13. The van der Waals surface area contributed by atoms with Gasteiger partial charge in [0.2, 0.25) is 0 Å². The summed E-state index contributed by atoms with van der Waals surface area (Å²) >= 11 is 0. The molecule has 0 aliphatic heterocycles. The van der Waals surface area contributed by atoms with Gasteiger partial charge in [-0.1, -0.05) is 0 Å². The van der Waals surface area contributed by atoms with Crippen molar-refractivity contribution in [2.24, 2.45) is 0 Å². The molecule has 0 aliphatic rings. The van der Waals surface area contributed by atoms with Crippen molar-refractivity contribution < 1.29 is 61.6 Å². The van der Waals surface area contributed by atoms with Gasteiger partial charge in [-0.2, -0.15) is 0 Å². The van der Waals surface area contributed by atoms with Gasteiger partial charge in [0.15, 0.2) is 0 Å². The van der Waals surface area contributed by atoms with Gasteiger partial charge in [0, 0.05) is 5.69 Å². The molecule has 0 radical (unpaired) electrons. The van der Waals surface area contributed by atoms with Crippen LogP contribution in [-0.2, 0) is 56.9 Å². The highest BCUT2D eigenvalue weighted by atomic mass is 16.6. The first-order valence-electron chi connectivity index (χ1n) is 14.5. The van der Waals surface area contributed by atoms with Crippen molar-refractivity contribution in [2.45, 2.75) is 0 Å². The van der Waals surface area contributed by atoms with Crippen molar-refractivity contribution >= 4 is 11.7 Å². The Balaban J connectivity index is 1.63. The van der Waals surface area contributed by atoms with E-state index in [0.29, 0.717) is 138 Å². The summed E-state index contributed by atoms with van der Waals surface area (Å²) < 4.78 is 64.0. The number of esters is 1. The third kappa shape index (κ3) is 28.4. The number of nitrogens with two attached hydrogens (primary N) is 1. The number of nitrogen functional groups attached to an aromatic ring is 1. The fourth-order valence-electron chi connectivity index (χ4n) is 2.98. The molecule has 0 bridgehead atoms. The summed E-state index contributed by atoms with van der Waals surface area (Å²) in [5, 5.41) is 0. The standard InChI is InChI=1S/C29H51NO13/c1-32-29(31)26-42-23-22-40-19-18-38-15-14-36-11-10-34-7-6-33-8-9-35-12-13-37-16-17-39-20-21-41-24-25-43-28-4-2-27(30)3-5-28/h2-5H,6-26,30H2,1H3. The maximum atomic E-state index is 10.8. The lowest BCUT2D eigenvalue weighted by Gasteiger charge is -2.09. The lowest BCUT2D eigenvalue weighted by molar-refractivity contribution is -0.146. The van der Waals surface area contributed by atoms with Gasteiger partial charge in [-0.05, 0) is 24.3 Å². The fourth-order valence-corrected chi connectivity index (χ4v) is 2.98. The van der Waals surface area contributed by atoms with E-state index in [4.69, 9.17) is 57.8 Å². The molecule has 0 aliphatic carbocycles. The van der Waals surface area contributed by atoms with Gasteiger partial charge in [-0.25, -0.2) is 4.79 Å². The fraction of sp³-hybridized carbons (Fsp3) is 0.759. The molecule has 1 aromatic carbocycles. The Labute approximate surface area is 255 Å². The van der Waals surface area contributed by atoms with Crippen LogP contribution in [0.25, 0.3) is 0 Å². The molecule has 0 atom stereocenters. The van der Waals surface area contributed by atoms with Gasteiger partial charge in [0.25, 0.3) is 0 Å². The SMILES string of the molecule is COC(=O)COCCOCCOCCOCCOCCOCCOCCOCCOCCOCCOc1ccc(N)cc1. The summed E-state index contributed by atoms with van der Waals surface area (Å²) in [6.07, 6.45) is 0. The number of carbonyl (C=O) groups excluding carboxylic acids is 1. The predicted octanol–water partition coefficient (Wildman–Crippen LogP) is 0.987. The minimum absolute atomic E-state index is 0.0710. The van der Waals surface area contributed by atoms with Crippen molar-refractivity contribution in [1.82, 2.24) is 0 Å². The second kappa shape index (κ2) is 31.3. The zero-order valence-electron chi connectivity index (χ0n) is 25.5. The van der Waals surface area contributed by atoms with Crippen LogP contribution in [0.1, 0.15) is 0 Å². The Kier molecular flexibility index (Phi) is 28.3. The molecule has 0 saturated heterocycles. The van der Waals surface area contributed by atoms with E-state index < -0.39 is 5.97 Å². The Morgan fingerprint density at radius 3 is 1.05 bits per heavy atom. The quantitative estimate of drug-likeness (QED) is 0.0674. The summed E-state index contributed by atoms with van der Waals surface area (Å²) in [5.74, 6) is 0.360. The zero-order valence-corrected chi connectivity index (χ0v) is 25.5. The van der Waals surface area contributed by atoms with Gasteiger partial charge in [0.05, 0.1) is 133 Å². The minimum Gasteiger partial charge on any atom is -0.491 e. The number of methoxy groups -OCH3 is 1. The first-order valence-corrected chi connectivity index (χ1v) is 14.5. The first kappa shape index (κ1) is 38.9. The Morgan fingerprint density at radius 2 is 0.744 bits per heavy atom. The van der Waals surface area contributed by atoms with Gasteiger partial charge in [-0.3, -0.25) is 0 Å². The number of hydrogen-bond donors (Lipinski definition) is 1. The van der Waals surface area contributed by atoms with Crippen molar-refractivity contribution in [2.75, 3.05) is 152 Å². The van der Waals surface area contributed by atoms with E-state index in [1.807, 2.05) is 12.1 Å². The van der Waals surface area contributed by atoms with Crippen molar-refractivity contribution in [3.05, 3.63) is 24.3 Å². The summed E-state index contributed by atoms with van der Waals surface area (Å²) in [5.41, 5.74) is 6.34. The normalized spacial score (nSPS) is 11.2. The molecule has 0 amide bonds. The first-order chi connectivity index (χ1) is 21.2. The number of carbonyl (C=O) groups is 1. The second-order valence-corrected chi connectivity index (χ2v) is 8.56. The lowest BCUT2D eigenvalue weighted by atomic mass is 10.3. The Hall–Kier alpha value is -2.11. The van der Waals surface area contributed by atoms with E-state index in [-0.39, 0.29) is 6.61 Å². The van der Waals surface area contributed by atoms with Crippen LogP contribution < -0.4 is 10.5 Å². The summed E-state index contributed by atoms with van der Waals surface area (Å²) in [4.78, 5) is 10.8. The average Bonchev–Trinajstić information content (AvgIpc) is 3.02. The maximum Gasteiger partial charge on any atom is 0.331 e. The molecule has 0 aromatic heterocycles. The molecular weight excluding hydrogens is 570 g/mol. The molecule has 0 fully saturated rings. The highest BCUT2D eigenvalue weighted by molar-refractivity contribution is 5.70. The van der Waals surface area contributed by atoms with Crippen LogP contribution >= 0.6 is 0 Å². The molecule has 2 N–H and O–H groups in total. The molecule has 14 nitrogen and oxygen atoms in total. The summed E-state index contributed by atoms with van der Waals surface area (Å²) in [6.45, 7) is 9.43. The van der Waals surface area contributed by atoms with Gasteiger partial charge < -0.3 is 62.6 Å². The van der Waals surface area contributed by atoms with E-state index in [9.17, 15) is 4.79 Å². The monoisotopic (exact) mass is 621 g/mol. The molecule has 250 valence electrons. The molecule has 0 saturated carbocycles. The topological polar surface area (TPSA) is 154 Å². The van der Waals surface area contributed by atoms with Crippen molar-refractivity contribution in [3.63, 3.8) is 0 Å². The number of rotatable bonds is 33. The van der Waals surface area contributed by atoms with Crippen LogP contribution in [0, 0.1) is 0 Å². The Bertz CT molecular complexity index is 727. The van der Waals surface area contributed by atoms with E-state index in [0.717, 1.165) is 5.75 Å². The highest BCUT2D eigenvalue weighted by Crippen LogP contribution is 2.12.